The number of ether oxygens (including phenoxy) is 4. The van der Waals surface area contributed by atoms with Crippen LogP contribution in [0.4, 0.5) is 26.1 Å². The van der Waals surface area contributed by atoms with Crippen molar-refractivity contribution in [3.05, 3.63) is 8.72 Å². The van der Waals surface area contributed by atoms with Crippen LogP contribution >= 0.6 is 34.2 Å². The summed E-state index contributed by atoms with van der Waals surface area (Å²) in [5.74, 6) is 0.238. The molecule has 1 aromatic rings. The van der Waals surface area contributed by atoms with Gasteiger partial charge in [-0.05, 0) is 103 Å². The fourth-order valence-corrected chi connectivity index (χ4v) is 4.76. The number of amides is 2. The number of hydrogen-bond acceptors (Lipinski definition) is 10. The first kappa shape index (κ1) is 34.1. The minimum atomic E-state index is -1.02. The van der Waals surface area contributed by atoms with E-state index in [0.29, 0.717) is 14.9 Å². The van der Waals surface area contributed by atoms with Crippen LogP contribution in [0.3, 0.4) is 0 Å². The number of rotatable bonds is 5. The molecule has 0 spiro atoms. The molecule has 40 heavy (non-hydrogen) atoms. The summed E-state index contributed by atoms with van der Waals surface area (Å²) in [5, 5.41) is 3.33. The zero-order valence-corrected chi connectivity index (χ0v) is 28.1. The Morgan fingerprint density at radius 3 is 1.90 bits per heavy atom. The molecule has 0 aliphatic heterocycles. The van der Waals surface area contributed by atoms with Crippen molar-refractivity contribution >= 4 is 64.3 Å². The van der Waals surface area contributed by atoms with Gasteiger partial charge in [-0.2, -0.15) is 9.97 Å². The molecule has 0 radical (unpaired) electrons. The van der Waals surface area contributed by atoms with Crippen molar-refractivity contribution in [2.75, 3.05) is 10.2 Å². The van der Waals surface area contributed by atoms with Crippen LogP contribution in [0.5, 0.6) is 0 Å². The van der Waals surface area contributed by atoms with Gasteiger partial charge in [-0.3, -0.25) is 0 Å². The van der Waals surface area contributed by atoms with Gasteiger partial charge in [0.25, 0.3) is 0 Å². The quantitative estimate of drug-likeness (QED) is 0.142. The van der Waals surface area contributed by atoms with E-state index in [1.54, 1.807) is 62.3 Å². The molecule has 0 aromatic carbocycles. The fourth-order valence-electron chi connectivity index (χ4n) is 4.20. The van der Waals surface area contributed by atoms with Gasteiger partial charge >= 0.3 is 18.3 Å². The maximum Gasteiger partial charge on any atom is 0.509 e. The molecular formula is C27H42ClIN4O7. The molecule has 11 nitrogen and oxygen atoms in total. The van der Waals surface area contributed by atoms with Crippen LogP contribution < -0.4 is 10.2 Å². The van der Waals surface area contributed by atoms with Crippen LogP contribution in [0.25, 0.3) is 0 Å². The van der Waals surface area contributed by atoms with E-state index in [1.807, 2.05) is 29.5 Å². The largest absolute Gasteiger partial charge is 0.509 e. The number of hydrogen-bond donors (Lipinski definition) is 1. The Bertz CT molecular complexity index is 1070. The average Bonchev–Trinajstić information content (AvgIpc) is 3.02. The Morgan fingerprint density at radius 2 is 1.45 bits per heavy atom. The Hall–Kier alpha value is -2.09. The SMILES string of the molecule is CC[C@H]1C[C@@H](Nc2nc(N(C(=O)OC(C)(C)C)C(=O)OC(C)(C)C)nc(Cl)c2I)[C@H](OC(=O)OC(C)(C)C)[C@@H]1C. The Morgan fingerprint density at radius 1 is 0.950 bits per heavy atom. The number of halogens is 2. The van der Waals surface area contributed by atoms with Crippen LogP contribution in [-0.2, 0) is 18.9 Å². The van der Waals surface area contributed by atoms with E-state index in [1.165, 1.54) is 0 Å². The highest BCUT2D eigenvalue weighted by molar-refractivity contribution is 14.1. The Kier molecular flexibility index (Phi) is 10.9. The highest BCUT2D eigenvalue weighted by Gasteiger charge is 2.44. The zero-order valence-electron chi connectivity index (χ0n) is 25.2. The third-order valence-corrected chi connectivity index (χ3v) is 7.45. The van der Waals surface area contributed by atoms with Gasteiger partial charge in [0, 0.05) is 0 Å². The van der Waals surface area contributed by atoms with Crippen LogP contribution in [0.2, 0.25) is 5.15 Å². The van der Waals surface area contributed by atoms with Crippen LogP contribution in [0.1, 0.15) is 89.0 Å². The highest BCUT2D eigenvalue weighted by atomic mass is 127. The van der Waals surface area contributed by atoms with Crippen molar-refractivity contribution < 1.29 is 33.3 Å². The van der Waals surface area contributed by atoms with Gasteiger partial charge in [-0.15, -0.1) is 4.90 Å². The molecule has 1 heterocycles. The predicted molar refractivity (Wildman–Crippen MR) is 161 cm³/mol. The van der Waals surface area contributed by atoms with Crippen molar-refractivity contribution in [1.29, 1.82) is 0 Å². The molecule has 226 valence electrons. The molecule has 0 saturated heterocycles. The lowest BCUT2D eigenvalue weighted by atomic mass is 9.95. The summed E-state index contributed by atoms with van der Waals surface area (Å²) in [7, 11) is 0. The van der Waals surface area contributed by atoms with Crippen molar-refractivity contribution in [3.8, 4) is 0 Å². The molecule has 4 atom stereocenters. The van der Waals surface area contributed by atoms with Crippen molar-refractivity contribution in [1.82, 2.24) is 9.97 Å². The molecule has 1 aromatic heterocycles. The lowest BCUT2D eigenvalue weighted by Crippen LogP contribution is -2.45. The first-order valence-corrected chi connectivity index (χ1v) is 14.7. The summed E-state index contributed by atoms with van der Waals surface area (Å²) < 4.78 is 22.5. The van der Waals surface area contributed by atoms with Gasteiger partial charge in [0.15, 0.2) is 0 Å². The van der Waals surface area contributed by atoms with Gasteiger partial charge in [-0.1, -0.05) is 31.9 Å². The molecule has 0 bridgehead atoms. The molecule has 1 aliphatic carbocycles. The molecular weight excluding hydrogens is 655 g/mol. The normalized spacial score (nSPS) is 21.4. The van der Waals surface area contributed by atoms with Crippen molar-refractivity contribution in [2.24, 2.45) is 11.8 Å². The van der Waals surface area contributed by atoms with Crippen LogP contribution in [0, 0.1) is 15.4 Å². The predicted octanol–water partition coefficient (Wildman–Crippen LogP) is 7.58. The highest BCUT2D eigenvalue weighted by Crippen LogP contribution is 2.39. The second-order valence-electron chi connectivity index (χ2n) is 12.8. The molecule has 1 aliphatic rings. The second-order valence-corrected chi connectivity index (χ2v) is 14.3. The summed E-state index contributed by atoms with van der Waals surface area (Å²) in [6, 6.07) is -0.351. The first-order chi connectivity index (χ1) is 18.1. The van der Waals surface area contributed by atoms with Gasteiger partial charge in [0.1, 0.15) is 33.9 Å². The number of anilines is 2. The first-order valence-electron chi connectivity index (χ1n) is 13.3. The summed E-state index contributed by atoms with van der Waals surface area (Å²) in [6.45, 7) is 19.4. The Labute approximate surface area is 255 Å². The topological polar surface area (TPSA) is 129 Å². The smallest absolute Gasteiger partial charge is 0.443 e. The van der Waals surface area contributed by atoms with Crippen molar-refractivity contribution in [2.45, 2.75) is 118 Å². The average molecular weight is 697 g/mol. The third-order valence-electron chi connectivity index (χ3n) is 5.83. The second kappa shape index (κ2) is 12.8. The maximum absolute atomic E-state index is 13.1. The summed E-state index contributed by atoms with van der Waals surface area (Å²) in [5.41, 5.74) is -2.52. The lowest BCUT2D eigenvalue weighted by molar-refractivity contribution is -0.0366. The number of imide groups is 1. The standard InChI is InChI=1S/C27H42ClIN4O7/c1-12-15-13-16(18(14(15)2)37-24(36)40-27(9,10)11)30-20-17(29)19(28)31-21(32-20)33(22(34)38-25(3,4)5)23(35)39-26(6,7)8/h14-16,18H,12-13H2,1-11H3,(H,30,31,32)/t14-,15+,16-,18-/m1/s1. The molecule has 1 saturated carbocycles. The third kappa shape index (κ3) is 9.78. The summed E-state index contributed by atoms with van der Waals surface area (Å²) >= 11 is 8.45. The van der Waals surface area contributed by atoms with E-state index >= 15 is 0 Å². The lowest BCUT2D eigenvalue weighted by Gasteiger charge is -2.29. The van der Waals surface area contributed by atoms with Gasteiger partial charge < -0.3 is 24.3 Å². The van der Waals surface area contributed by atoms with E-state index in [2.05, 4.69) is 22.2 Å². The van der Waals surface area contributed by atoms with Crippen LogP contribution in [0.15, 0.2) is 0 Å². The molecule has 2 rings (SSSR count). The van der Waals surface area contributed by atoms with E-state index in [-0.39, 0.29) is 34.8 Å². The van der Waals surface area contributed by atoms with E-state index in [9.17, 15) is 14.4 Å². The van der Waals surface area contributed by atoms with Gasteiger partial charge in [0.2, 0.25) is 5.95 Å². The number of nitrogens with one attached hydrogen (secondary N) is 1. The Balaban J connectivity index is 2.49. The monoisotopic (exact) mass is 696 g/mol. The number of nitrogens with zero attached hydrogens (tertiary/aromatic N) is 3. The number of aromatic nitrogens is 2. The zero-order chi connectivity index (χ0) is 30.8. The van der Waals surface area contributed by atoms with Gasteiger partial charge in [-0.25, -0.2) is 14.4 Å². The molecule has 1 fully saturated rings. The number of carbonyl (C=O) groups is 3. The summed E-state index contributed by atoms with van der Waals surface area (Å²) in [6.07, 6.45) is -1.76. The summed E-state index contributed by atoms with van der Waals surface area (Å²) in [4.78, 5) is 48.1. The number of carbonyl (C=O) groups excluding carboxylic acids is 3. The van der Waals surface area contributed by atoms with Crippen molar-refractivity contribution in [3.63, 3.8) is 0 Å². The van der Waals surface area contributed by atoms with E-state index in [0.717, 1.165) is 6.42 Å². The minimum Gasteiger partial charge on any atom is -0.443 e. The van der Waals surface area contributed by atoms with E-state index in [4.69, 9.17) is 30.5 Å². The molecule has 2 amide bonds. The molecule has 1 N–H and O–H groups in total. The van der Waals surface area contributed by atoms with Gasteiger partial charge in [0.05, 0.1) is 9.61 Å². The van der Waals surface area contributed by atoms with Crippen LogP contribution in [-0.4, -0.2) is 57.3 Å². The minimum absolute atomic E-state index is 0.00733. The molecule has 0 unspecified atom stereocenters. The fraction of sp³-hybridized carbons (Fsp3) is 0.741. The maximum atomic E-state index is 13.1. The van der Waals surface area contributed by atoms with E-state index < -0.39 is 41.2 Å². The molecule has 13 heteroatoms.